The fourth-order valence-corrected chi connectivity index (χ4v) is 5.63. The van der Waals surface area contributed by atoms with Crippen LogP contribution in [0.2, 0.25) is 0 Å². The van der Waals surface area contributed by atoms with Gasteiger partial charge in [-0.2, -0.15) is 0 Å². The maximum Gasteiger partial charge on any atom is 0.0821 e. The van der Waals surface area contributed by atoms with Gasteiger partial charge in [-0.3, -0.25) is 0 Å². The molecule has 1 rings (SSSR count). The van der Waals surface area contributed by atoms with Crippen LogP contribution in [0.4, 0.5) is 0 Å². The minimum atomic E-state index is -1.10. The molecule has 2 heteroatoms. The Morgan fingerprint density at radius 1 is 1.06 bits per heavy atom. The third-order valence-electron chi connectivity index (χ3n) is 2.80. The summed E-state index contributed by atoms with van der Waals surface area (Å²) in [5.41, 5.74) is 0. The van der Waals surface area contributed by atoms with Crippen LogP contribution < -0.4 is 0 Å². The molecule has 0 saturated carbocycles. The van der Waals surface area contributed by atoms with Crippen molar-refractivity contribution in [3.8, 4) is 0 Å². The van der Waals surface area contributed by atoms with E-state index in [1.807, 2.05) is 0 Å². The molecule has 16 heavy (non-hydrogen) atoms. The molecule has 0 atom stereocenters. The van der Waals surface area contributed by atoms with Crippen molar-refractivity contribution in [3.05, 3.63) is 61.5 Å². The third kappa shape index (κ3) is 3.59. The molecule has 0 saturated heterocycles. The van der Waals surface area contributed by atoms with Gasteiger partial charge in [0, 0.05) is 23.5 Å². The molecule has 0 aromatic carbocycles. The van der Waals surface area contributed by atoms with Crippen LogP contribution >= 0.6 is 7.26 Å². The van der Waals surface area contributed by atoms with Crippen molar-refractivity contribution in [2.24, 2.45) is 0 Å². The fraction of sp³-hybridized carbons (Fsp3) is 0.286. The molecule has 1 aliphatic rings. The molecule has 91 valence electrons. The third-order valence-corrected chi connectivity index (χ3v) is 7.22. The summed E-state index contributed by atoms with van der Waals surface area (Å²) in [4.78, 5) is 0. The Morgan fingerprint density at radius 2 is 1.56 bits per heavy atom. The maximum absolute atomic E-state index is 3.89. The van der Waals surface area contributed by atoms with Gasteiger partial charge in [0.25, 0.3) is 0 Å². The Balaban J connectivity index is 0.00000225. The van der Waals surface area contributed by atoms with Gasteiger partial charge in [-0.15, -0.1) is 0 Å². The van der Waals surface area contributed by atoms with Gasteiger partial charge < -0.3 is 0 Å². The van der Waals surface area contributed by atoms with E-state index >= 15 is 0 Å². The topological polar surface area (TPSA) is 0 Å². The quantitative estimate of drug-likeness (QED) is 0.369. The van der Waals surface area contributed by atoms with Crippen LogP contribution in [-0.2, 0) is 17.1 Å². The van der Waals surface area contributed by atoms with Crippen LogP contribution in [0.25, 0.3) is 0 Å². The molecular formula is C14H20CuP+. The van der Waals surface area contributed by atoms with Gasteiger partial charge in [0.15, 0.2) is 0 Å². The van der Waals surface area contributed by atoms with Crippen molar-refractivity contribution < 1.29 is 17.1 Å². The van der Waals surface area contributed by atoms with Gasteiger partial charge in [0.2, 0.25) is 0 Å². The second kappa shape index (κ2) is 7.85. The van der Waals surface area contributed by atoms with Crippen LogP contribution in [0.15, 0.2) is 61.5 Å². The van der Waals surface area contributed by atoms with E-state index in [1.165, 1.54) is 0 Å². The van der Waals surface area contributed by atoms with Gasteiger partial charge >= 0.3 is 0 Å². The van der Waals surface area contributed by atoms with Crippen LogP contribution in [-0.4, -0.2) is 18.5 Å². The fourth-order valence-electron chi connectivity index (χ4n) is 2.10. The number of rotatable bonds is 7. The van der Waals surface area contributed by atoms with Crippen molar-refractivity contribution in [2.45, 2.75) is 6.42 Å². The van der Waals surface area contributed by atoms with Gasteiger partial charge in [-0.05, 0) is 6.08 Å². The van der Waals surface area contributed by atoms with E-state index in [1.54, 1.807) is 5.31 Å². The predicted molar refractivity (Wildman–Crippen MR) is 74.0 cm³/mol. The minimum absolute atomic E-state index is 0. The predicted octanol–water partition coefficient (Wildman–Crippen LogP) is 4.40. The molecule has 0 unspecified atom stereocenters. The average Bonchev–Trinajstić information content (AvgIpc) is 2.72. The van der Waals surface area contributed by atoms with E-state index in [-0.39, 0.29) is 17.1 Å². The summed E-state index contributed by atoms with van der Waals surface area (Å²) in [6.07, 6.45) is 17.3. The van der Waals surface area contributed by atoms with Crippen LogP contribution in [0.1, 0.15) is 6.42 Å². The molecule has 0 bridgehead atoms. The first-order valence-electron chi connectivity index (χ1n) is 5.34. The Hall–Kier alpha value is -0.351. The second-order valence-electron chi connectivity index (χ2n) is 3.85. The minimum Gasteiger partial charge on any atom is -0.0995 e. The van der Waals surface area contributed by atoms with E-state index in [0.717, 1.165) is 24.9 Å². The SMILES string of the molecule is C=CC[P+](CC=C)(CC=C)C1=CC=CC1.[Cu]. The molecule has 1 radical (unpaired) electrons. The number of hydrogen-bond donors (Lipinski definition) is 0. The van der Waals surface area contributed by atoms with Crippen molar-refractivity contribution in [1.29, 1.82) is 0 Å². The molecule has 0 amide bonds. The van der Waals surface area contributed by atoms with Gasteiger partial charge in [-0.1, -0.05) is 50.1 Å². The van der Waals surface area contributed by atoms with E-state index in [9.17, 15) is 0 Å². The summed E-state index contributed by atoms with van der Waals surface area (Å²) in [7, 11) is -1.10. The van der Waals surface area contributed by atoms with E-state index in [4.69, 9.17) is 0 Å². The van der Waals surface area contributed by atoms with Gasteiger partial charge in [0.1, 0.15) is 0 Å². The molecule has 1 aliphatic carbocycles. The molecule has 0 aromatic rings. The molecule has 0 nitrogen and oxygen atoms in total. The van der Waals surface area contributed by atoms with Crippen molar-refractivity contribution >= 4 is 7.26 Å². The second-order valence-corrected chi connectivity index (χ2v) is 7.81. The molecule has 0 aromatic heterocycles. The molecule has 0 heterocycles. The first-order chi connectivity index (χ1) is 7.29. The monoisotopic (exact) mass is 282 g/mol. The normalized spacial score (nSPS) is 13.9. The van der Waals surface area contributed by atoms with Crippen LogP contribution in [0.3, 0.4) is 0 Å². The number of allylic oxidation sites excluding steroid dienone is 7. The largest absolute Gasteiger partial charge is 0.0995 e. The Morgan fingerprint density at radius 3 is 1.88 bits per heavy atom. The van der Waals surface area contributed by atoms with Crippen LogP contribution in [0, 0.1) is 0 Å². The summed E-state index contributed by atoms with van der Waals surface area (Å²) >= 11 is 0. The molecule has 0 N–H and O–H groups in total. The summed E-state index contributed by atoms with van der Waals surface area (Å²) in [5.74, 6) is 0. The molecule has 0 spiro atoms. The van der Waals surface area contributed by atoms with Gasteiger partial charge in [-0.25, -0.2) is 0 Å². The smallest absolute Gasteiger partial charge is 0.0821 e. The Kier molecular flexibility index (Phi) is 7.68. The van der Waals surface area contributed by atoms with E-state index in [0.29, 0.717) is 0 Å². The van der Waals surface area contributed by atoms with E-state index in [2.05, 4.69) is 56.2 Å². The summed E-state index contributed by atoms with van der Waals surface area (Å²) in [6.45, 7) is 11.7. The molecule has 0 aliphatic heterocycles. The van der Waals surface area contributed by atoms with Crippen molar-refractivity contribution in [1.82, 2.24) is 0 Å². The Labute approximate surface area is 111 Å². The molecule has 0 fully saturated rings. The zero-order valence-corrected chi connectivity index (χ0v) is 11.5. The van der Waals surface area contributed by atoms with Crippen LogP contribution in [0.5, 0.6) is 0 Å². The Bertz CT molecular complexity index is 286. The van der Waals surface area contributed by atoms with Crippen molar-refractivity contribution in [2.75, 3.05) is 18.5 Å². The summed E-state index contributed by atoms with van der Waals surface area (Å²) in [6, 6.07) is 0. The zero-order valence-electron chi connectivity index (χ0n) is 9.66. The summed E-state index contributed by atoms with van der Waals surface area (Å²) < 4.78 is 0. The molecular weight excluding hydrogens is 263 g/mol. The van der Waals surface area contributed by atoms with Gasteiger partial charge in [0.05, 0.1) is 31.1 Å². The average molecular weight is 283 g/mol. The first-order valence-corrected chi connectivity index (χ1v) is 7.68. The maximum atomic E-state index is 3.89. The first kappa shape index (κ1) is 15.6. The van der Waals surface area contributed by atoms with Crippen molar-refractivity contribution in [3.63, 3.8) is 0 Å². The summed E-state index contributed by atoms with van der Waals surface area (Å²) in [5, 5.41) is 1.60. The zero-order chi connectivity index (χ0) is 11.1. The van der Waals surface area contributed by atoms with E-state index < -0.39 is 7.26 Å². The standard InChI is InChI=1S/C14H20P.Cu/c1-4-11-15(12-5-2,13-6-3)14-9-7-8-10-14;/h4-9H,1-3,10-13H2;/q+1;. The number of hydrogen-bond acceptors (Lipinski definition) is 0.